The number of carbonyl (C=O) groups excluding carboxylic acids is 3. The molecule has 1 aromatic rings. The van der Waals surface area contributed by atoms with Gasteiger partial charge in [0.15, 0.2) is 0 Å². The first-order valence-corrected chi connectivity index (χ1v) is 8.52. The molecule has 0 aliphatic carbocycles. The molecule has 25 heavy (non-hydrogen) atoms. The van der Waals surface area contributed by atoms with Crippen molar-refractivity contribution in [3.05, 3.63) is 24.2 Å². The number of imide groups is 1. The van der Waals surface area contributed by atoms with Crippen molar-refractivity contribution in [2.45, 2.75) is 31.8 Å². The van der Waals surface area contributed by atoms with E-state index in [9.17, 15) is 14.4 Å². The third kappa shape index (κ3) is 3.53. The quantitative estimate of drug-likeness (QED) is 0.758. The smallest absolute Gasteiger partial charge is 0.324 e. The Hall–Kier alpha value is -2.35. The molecule has 2 atom stereocenters. The molecular weight excluding hydrogens is 324 g/mol. The predicted octanol–water partition coefficient (Wildman–Crippen LogP) is 0.548. The molecule has 0 spiro atoms. The number of urea groups is 1. The second-order valence-corrected chi connectivity index (χ2v) is 6.93. The summed E-state index contributed by atoms with van der Waals surface area (Å²) >= 11 is 0. The van der Waals surface area contributed by atoms with Crippen LogP contribution in [0, 0.1) is 5.92 Å². The van der Waals surface area contributed by atoms with Crippen LogP contribution in [0.5, 0.6) is 0 Å². The molecule has 0 radical (unpaired) electrons. The summed E-state index contributed by atoms with van der Waals surface area (Å²) in [6, 6.07) is 3.23. The molecule has 1 aromatic heterocycles. The van der Waals surface area contributed by atoms with Gasteiger partial charge in [-0.2, -0.15) is 0 Å². The molecule has 2 N–H and O–H groups in total. The zero-order chi connectivity index (χ0) is 18.0. The highest BCUT2D eigenvalue weighted by molar-refractivity contribution is 6.06. The van der Waals surface area contributed by atoms with E-state index in [0.29, 0.717) is 18.8 Å². The minimum atomic E-state index is -0.894. The Balaban J connectivity index is 1.55. The van der Waals surface area contributed by atoms with E-state index in [1.807, 2.05) is 11.0 Å². The number of likely N-dealkylation sites (N-methyl/N-ethyl adjacent to an activating group) is 1. The SMILES string of the molecule is CN1C(=O)N[C@@](C)([C@H]2CCCN(CC(=O)NCc3ccco3)C2)C1=O. The predicted molar refractivity (Wildman–Crippen MR) is 89.4 cm³/mol. The van der Waals surface area contributed by atoms with Crippen LogP contribution in [0.3, 0.4) is 0 Å². The van der Waals surface area contributed by atoms with Gasteiger partial charge in [0.1, 0.15) is 11.3 Å². The number of hydrogen-bond donors (Lipinski definition) is 2. The normalized spacial score (nSPS) is 27.4. The van der Waals surface area contributed by atoms with Gasteiger partial charge in [0.05, 0.1) is 19.4 Å². The highest BCUT2D eigenvalue weighted by Crippen LogP contribution is 2.31. The minimum Gasteiger partial charge on any atom is -0.467 e. The summed E-state index contributed by atoms with van der Waals surface area (Å²) in [6.45, 7) is 3.82. The largest absolute Gasteiger partial charge is 0.467 e. The standard InChI is InChI=1S/C17H24N4O4/c1-17(15(23)20(2)16(24)19-17)12-5-3-7-21(10-12)11-14(22)18-9-13-6-4-8-25-13/h4,6,8,12H,3,5,7,9-11H2,1-2H3,(H,18,22)(H,19,24)/t12-,17-/m0/s1. The van der Waals surface area contributed by atoms with E-state index in [0.717, 1.165) is 24.3 Å². The summed E-state index contributed by atoms with van der Waals surface area (Å²) in [7, 11) is 1.49. The van der Waals surface area contributed by atoms with Crippen molar-refractivity contribution in [3.8, 4) is 0 Å². The molecule has 136 valence electrons. The van der Waals surface area contributed by atoms with E-state index in [1.54, 1.807) is 19.3 Å². The first-order valence-electron chi connectivity index (χ1n) is 8.52. The van der Waals surface area contributed by atoms with E-state index >= 15 is 0 Å². The first kappa shape index (κ1) is 17.5. The molecule has 2 aliphatic heterocycles. The van der Waals surface area contributed by atoms with Gasteiger partial charge in [-0.05, 0) is 38.4 Å². The van der Waals surface area contributed by atoms with Crippen LogP contribution in [-0.4, -0.2) is 59.9 Å². The number of piperidine rings is 1. The van der Waals surface area contributed by atoms with Crippen molar-refractivity contribution in [1.29, 1.82) is 0 Å². The summed E-state index contributed by atoms with van der Waals surface area (Å²) in [5.41, 5.74) is -0.894. The number of amides is 4. The van der Waals surface area contributed by atoms with Gasteiger partial charge in [-0.3, -0.25) is 19.4 Å². The second kappa shape index (κ2) is 6.87. The molecule has 3 rings (SSSR count). The number of nitrogens with zero attached hydrogens (tertiary/aromatic N) is 2. The van der Waals surface area contributed by atoms with Crippen molar-refractivity contribution in [3.63, 3.8) is 0 Å². The lowest BCUT2D eigenvalue weighted by molar-refractivity contribution is -0.132. The maximum Gasteiger partial charge on any atom is 0.324 e. The van der Waals surface area contributed by atoms with Crippen LogP contribution in [-0.2, 0) is 16.1 Å². The summed E-state index contributed by atoms with van der Waals surface area (Å²) in [4.78, 5) is 39.6. The highest BCUT2D eigenvalue weighted by atomic mass is 16.3. The molecule has 0 aromatic carbocycles. The maximum atomic E-state index is 12.4. The van der Waals surface area contributed by atoms with Crippen LogP contribution < -0.4 is 10.6 Å². The van der Waals surface area contributed by atoms with E-state index in [2.05, 4.69) is 10.6 Å². The van der Waals surface area contributed by atoms with Crippen molar-refractivity contribution in [2.75, 3.05) is 26.7 Å². The van der Waals surface area contributed by atoms with Gasteiger partial charge < -0.3 is 15.1 Å². The average molecular weight is 348 g/mol. The average Bonchev–Trinajstić information content (AvgIpc) is 3.18. The number of nitrogens with one attached hydrogen (secondary N) is 2. The molecule has 3 heterocycles. The van der Waals surface area contributed by atoms with Crippen molar-refractivity contribution in [1.82, 2.24) is 20.4 Å². The monoisotopic (exact) mass is 348 g/mol. The highest BCUT2D eigenvalue weighted by Gasteiger charge is 2.51. The fourth-order valence-electron chi connectivity index (χ4n) is 3.61. The molecule has 8 heteroatoms. The third-order valence-electron chi connectivity index (χ3n) is 5.15. The van der Waals surface area contributed by atoms with Gasteiger partial charge in [-0.15, -0.1) is 0 Å². The van der Waals surface area contributed by atoms with Gasteiger partial charge in [0, 0.05) is 19.5 Å². The Bertz CT molecular complexity index is 660. The summed E-state index contributed by atoms with van der Waals surface area (Å²) in [6.07, 6.45) is 3.31. The summed E-state index contributed by atoms with van der Waals surface area (Å²) < 4.78 is 5.19. The topological polar surface area (TPSA) is 94.9 Å². The van der Waals surface area contributed by atoms with E-state index < -0.39 is 5.54 Å². The Kier molecular flexibility index (Phi) is 4.80. The lowest BCUT2D eigenvalue weighted by atomic mass is 9.80. The lowest BCUT2D eigenvalue weighted by Gasteiger charge is -2.39. The van der Waals surface area contributed by atoms with Crippen LogP contribution in [0.25, 0.3) is 0 Å². The van der Waals surface area contributed by atoms with Crippen LogP contribution in [0.15, 0.2) is 22.8 Å². The summed E-state index contributed by atoms with van der Waals surface area (Å²) in [5.74, 6) is 0.410. The Morgan fingerprint density at radius 2 is 2.28 bits per heavy atom. The van der Waals surface area contributed by atoms with E-state index in [-0.39, 0.29) is 30.3 Å². The molecule has 0 unspecified atom stereocenters. The van der Waals surface area contributed by atoms with Gasteiger partial charge in [0.25, 0.3) is 5.91 Å². The lowest BCUT2D eigenvalue weighted by Crippen LogP contribution is -2.56. The van der Waals surface area contributed by atoms with Gasteiger partial charge in [-0.1, -0.05) is 0 Å². The Morgan fingerprint density at radius 3 is 2.92 bits per heavy atom. The van der Waals surface area contributed by atoms with E-state index in [1.165, 1.54) is 7.05 Å². The molecule has 2 saturated heterocycles. The van der Waals surface area contributed by atoms with Crippen molar-refractivity contribution in [2.24, 2.45) is 5.92 Å². The van der Waals surface area contributed by atoms with Gasteiger partial charge >= 0.3 is 6.03 Å². The van der Waals surface area contributed by atoms with Crippen LogP contribution in [0.2, 0.25) is 0 Å². The fraction of sp³-hybridized carbons (Fsp3) is 0.588. The minimum absolute atomic E-state index is 0.0134. The summed E-state index contributed by atoms with van der Waals surface area (Å²) in [5, 5.41) is 5.64. The molecule has 2 aliphatic rings. The molecule has 2 fully saturated rings. The number of likely N-dealkylation sites (tertiary alicyclic amines) is 1. The molecule has 4 amide bonds. The maximum absolute atomic E-state index is 12.4. The third-order valence-corrected chi connectivity index (χ3v) is 5.15. The number of rotatable bonds is 5. The Labute approximate surface area is 146 Å². The van der Waals surface area contributed by atoms with Gasteiger partial charge in [0.2, 0.25) is 5.91 Å². The van der Waals surface area contributed by atoms with Crippen LogP contribution >= 0.6 is 0 Å². The van der Waals surface area contributed by atoms with Crippen LogP contribution in [0.1, 0.15) is 25.5 Å². The van der Waals surface area contributed by atoms with Crippen molar-refractivity contribution >= 4 is 17.8 Å². The number of hydrogen-bond acceptors (Lipinski definition) is 5. The second-order valence-electron chi connectivity index (χ2n) is 6.93. The molecular formula is C17H24N4O4. The molecule has 0 bridgehead atoms. The number of furan rings is 1. The zero-order valence-corrected chi connectivity index (χ0v) is 14.6. The Morgan fingerprint density at radius 1 is 1.48 bits per heavy atom. The number of carbonyl (C=O) groups is 3. The molecule has 8 nitrogen and oxygen atoms in total. The first-order chi connectivity index (χ1) is 11.9. The van der Waals surface area contributed by atoms with Crippen LogP contribution in [0.4, 0.5) is 4.79 Å². The fourth-order valence-corrected chi connectivity index (χ4v) is 3.61. The van der Waals surface area contributed by atoms with Crippen molar-refractivity contribution < 1.29 is 18.8 Å². The molecule has 0 saturated carbocycles. The zero-order valence-electron chi connectivity index (χ0n) is 14.6. The van der Waals surface area contributed by atoms with E-state index in [4.69, 9.17) is 4.42 Å². The van der Waals surface area contributed by atoms with Gasteiger partial charge in [-0.25, -0.2) is 4.79 Å².